The number of esters is 1. The van der Waals surface area contributed by atoms with Crippen LogP contribution in [0.4, 0.5) is 0 Å². The third-order valence-electron chi connectivity index (χ3n) is 2.17. The maximum absolute atomic E-state index is 11.2. The number of carbonyl (C=O) groups is 2. The van der Waals surface area contributed by atoms with Crippen LogP contribution in [-0.2, 0) is 14.3 Å². The predicted molar refractivity (Wildman–Crippen MR) is 50.7 cm³/mol. The fourth-order valence-electron chi connectivity index (χ4n) is 1.57. The first kappa shape index (κ1) is 11.0. The van der Waals surface area contributed by atoms with E-state index in [1.807, 2.05) is 11.8 Å². The van der Waals surface area contributed by atoms with Crippen LogP contribution in [0.3, 0.4) is 0 Å². The lowest BCUT2D eigenvalue weighted by atomic mass is 10.2. The fraction of sp³-hybridized carbons (Fsp3) is 0.778. The van der Waals surface area contributed by atoms with Crippen molar-refractivity contribution in [3.8, 4) is 0 Å². The molecular formula is C9H16N2O3. The van der Waals surface area contributed by atoms with Crippen molar-refractivity contribution in [1.29, 1.82) is 0 Å². The molecule has 0 aliphatic carbocycles. The van der Waals surface area contributed by atoms with E-state index in [1.54, 1.807) is 0 Å². The third-order valence-corrected chi connectivity index (χ3v) is 2.17. The van der Waals surface area contributed by atoms with E-state index in [1.165, 1.54) is 7.11 Å². The van der Waals surface area contributed by atoms with Gasteiger partial charge in [-0.1, -0.05) is 6.92 Å². The van der Waals surface area contributed by atoms with E-state index >= 15 is 0 Å². The van der Waals surface area contributed by atoms with Gasteiger partial charge in [-0.2, -0.15) is 0 Å². The zero-order valence-electron chi connectivity index (χ0n) is 8.58. The Morgan fingerprint density at radius 3 is 3.00 bits per heavy atom. The van der Waals surface area contributed by atoms with E-state index in [0.717, 1.165) is 13.0 Å². The third kappa shape index (κ3) is 2.70. The molecule has 1 atom stereocenters. The number of rotatable bonds is 3. The summed E-state index contributed by atoms with van der Waals surface area (Å²) in [5, 5.41) is 2.60. The van der Waals surface area contributed by atoms with Crippen molar-refractivity contribution >= 4 is 11.9 Å². The molecule has 1 aliphatic heterocycles. The molecule has 0 aromatic heterocycles. The number of ether oxygens (including phenoxy) is 1. The summed E-state index contributed by atoms with van der Waals surface area (Å²) in [6, 6.07) is -0.507. The molecule has 0 saturated carbocycles. The van der Waals surface area contributed by atoms with Gasteiger partial charge in [-0.3, -0.25) is 9.69 Å². The summed E-state index contributed by atoms with van der Waals surface area (Å²) in [5.41, 5.74) is 0. The standard InChI is InChI=1S/C9H16N2O3/c1-3-4-11-5-7(9(13)14-2)10-8(12)6-11/h7H,3-6H2,1-2H3,(H,10,12). The first-order valence-corrected chi connectivity index (χ1v) is 4.77. The summed E-state index contributed by atoms with van der Waals surface area (Å²) < 4.78 is 4.58. The number of carbonyl (C=O) groups excluding carboxylic acids is 2. The Kier molecular flexibility index (Phi) is 3.88. The summed E-state index contributed by atoms with van der Waals surface area (Å²) in [6.07, 6.45) is 0.973. The first-order chi connectivity index (χ1) is 6.67. The first-order valence-electron chi connectivity index (χ1n) is 4.77. The summed E-state index contributed by atoms with van der Waals surface area (Å²) in [5.74, 6) is -0.487. The molecule has 14 heavy (non-hydrogen) atoms. The summed E-state index contributed by atoms with van der Waals surface area (Å²) in [4.78, 5) is 24.4. The van der Waals surface area contributed by atoms with Gasteiger partial charge in [-0.05, 0) is 13.0 Å². The van der Waals surface area contributed by atoms with Crippen LogP contribution in [0.2, 0.25) is 0 Å². The zero-order chi connectivity index (χ0) is 10.6. The molecule has 5 nitrogen and oxygen atoms in total. The van der Waals surface area contributed by atoms with Crippen molar-refractivity contribution in [2.45, 2.75) is 19.4 Å². The Hall–Kier alpha value is -1.10. The predicted octanol–water partition coefficient (Wildman–Crippen LogP) is -0.630. The van der Waals surface area contributed by atoms with Crippen LogP contribution < -0.4 is 5.32 Å². The highest BCUT2D eigenvalue weighted by atomic mass is 16.5. The van der Waals surface area contributed by atoms with Gasteiger partial charge >= 0.3 is 5.97 Å². The van der Waals surface area contributed by atoms with Gasteiger partial charge in [0.25, 0.3) is 0 Å². The highest BCUT2D eigenvalue weighted by Crippen LogP contribution is 2.02. The van der Waals surface area contributed by atoms with Crippen LogP contribution in [0.15, 0.2) is 0 Å². The number of amides is 1. The topological polar surface area (TPSA) is 58.6 Å². The molecule has 0 bridgehead atoms. The highest BCUT2D eigenvalue weighted by molar-refractivity contribution is 5.86. The summed E-state index contributed by atoms with van der Waals surface area (Å²) in [7, 11) is 1.33. The highest BCUT2D eigenvalue weighted by Gasteiger charge is 2.29. The van der Waals surface area contributed by atoms with E-state index in [0.29, 0.717) is 13.1 Å². The fourth-order valence-corrected chi connectivity index (χ4v) is 1.57. The van der Waals surface area contributed by atoms with Crippen molar-refractivity contribution < 1.29 is 14.3 Å². The van der Waals surface area contributed by atoms with Crippen LogP contribution in [0.5, 0.6) is 0 Å². The maximum atomic E-state index is 11.2. The van der Waals surface area contributed by atoms with Gasteiger partial charge in [0.05, 0.1) is 13.7 Å². The van der Waals surface area contributed by atoms with Gasteiger partial charge in [0.2, 0.25) is 5.91 Å². The summed E-state index contributed by atoms with van der Waals surface area (Å²) in [6.45, 7) is 3.80. The van der Waals surface area contributed by atoms with Crippen molar-refractivity contribution in [2.24, 2.45) is 0 Å². The number of hydrogen-bond donors (Lipinski definition) is 1. The lowest BCUT2D eigenvalue weighted by Crippen LogP contribution is -2.57. The van der Waals surface area contributed by atoms with Crippen molar-refractivity contribution in [1.82, 2.24) is 10.2 Å². The number of methoxy groups -OCH3 is 1. The van der Waals surface area contributed by atoms with Gasteiger partial charge in [0.1, 0.15) is 6.04 Å². The second kappa shape index (κ2) is 4.95. The monoisotopic (exact) mass is 200 g/mol. The second-order valence-electron chi connectivity index (χ2n) is 3.38. The number of nitrogens with zero attached hydrogens (tertiary/aromatic N) is 1. The Morgan fingerprint density at radius 2 is 2.43 bits per heavy atom. The van der Waals surface area contributed by atoms with E-state index in [-0.39, 0.29) is 11.9 Å². The van der Waals surface area contributed by atoms with Crippen LogP contribution >= 0.6 is 0 Å². The molecule has 1 fully saturated rings. The zero-order valence-corrected chi connectivity index (χ0v) is 8.58. The molecule has 1 saturated heterocycles. The Morgan fingerprint density at radius 1 is 1.71 bits per heavy atom. The second-order valence-corrected chi connectivity index (χ2v) is 3.38. The van der Waals surface area contributed by atoms with Crippen molar-refractivity contribution in [3.05, 3.63) is 0 Å². The molecule has 0 aromatic carbocycles. The quantitative estimate of drug-likeness (QED) is 0.616. The molecule has 80 valence electrons. The van der Waals surface area contributed by atoms with Crippen molar-refractivity contribution in [2.75, 3.05) is 26.7 Å². The van der Waals surface area contributed by atoms with Gasteiger partial charge in [0.15, 0.2) is 0 Å². The molecule has 0 aromatic rings. The van der Waals surface area contributed by atoms with Gasteiger partial charge in [0, 0.05) is 6.54 Å². The van der Waals surface area contributed by atoms with Crippen LogP contribution in [0, 0.1) is 0 Å². The molecule has 1 amide bonds. The summed E-state index contributed by atoms with van der Waals surface area (Å²) >= 11 is 0. The Labute approximate surface area is 83.4 Å². The number of piperazine rings is 1. The Balaban J connectivity index is 2.53. The minimum Gasteiger partial charge on any atom is -0.467 e. The van der Waals surface area contributed by atoms with E-state index in [4.69, 9.17) is 0 Å². The lowest BCUT2D eigenvalue weighted by Gasteiger charge is -2.31. The van der Waals surface area contributed by atoms with Crippen LogP contribution in [-0.4, -0.2) is 49.6 Å². The molecule has 1 unspecified atom stereocenters. The van der Waals surface area contributed by atoms with Crippen LogP contribution in [0.25, 0.3) is 0 Å². The van der Waals surface area contributed by atoms with Gasteiger partial charge < -0.3 is 10.1 Å². The number of hydrogen-bond acceptors (Lipinski definition) is 4. The molecule has 1 heterocycles. The van der Waals surface area contributed by atoms with Gasteiger partial charge in [-0.25, -0.2) is 4.79 Å². The van der Waals surface area contributed by atoms with E-state index in [2.05, 4.69) is 10.1 Å². The molecule has 5 heteroatoms. The molecule has 0 spiro atoms. The van der Waals surface area contributed by atoms with Crippen LogP contribution in [0.1, 0.15) is 13.3 Å². The lowest BCUT2D eigenvalue weighted by molar-refractivity contribution is -0.147. The average molecular weight is 200 g/mol. The maximum Gasteiger partial charge on any atom is 0.329 e. The van der Waals surface area contributed by atoms with Gasteiger partial charge in [-0.15, -0.1) is 0 Å². The minimum atomic E-state index is -0.507. The molecule has 1 N–H and O–H groups in total. The number of nitrogens with one attached hydrogen (secondary N) is 1. The van der Waals surface area contributed by atoms with E-state index < -0.39 is 6.04 Å². The SMILES string of the molecule is CCCN1CC(=O)NC(C(=O)OC)C1. The van der Waals surface area contributed by atoms with E-state index in [9.17, 15) is 9.59 Å². The molecule has 0 radical (unpaired) electrons. The Bertz CT molecular complexity index is 230. The molecule has 1 aliphatic rings. The average Bonchev–Trinajstić information content (AvgIpc) is 2.16. The smallest absolute Gasteiger partial charge is 0.329 e. The molecule has 1 rings (SSSR count). The minimum absolute atomic E-state index is 0.111. The van der Waals surface area contributed by atoms with Crippen molar-refractivity contribution in [3.63, 3.8) is 0 Å². The molecular weight excluding hydrogens is 184 g/mol. The normalized spacial score (nSPS) is 23.0. The largest absolute Gasteiger partial charge is 0.467 e.